The van der Waals surface area contributed by atoms with Gasteiger partial charge in [-0.15, -0.1) is 17.5 Å². The molecule has 1 aliphatic carbocycles. The number of aromatic nitrogens is 3. The molecule has 2 aromatic rings. The Hall–Kier alpha value is -2.12. The van der Waals surface area contributed by atoms with Crippen molar-refractivity contribution in [1.82, 2.24) is 20.3 Å². The van der Waals surface area contributed by atoms with Crippen molar-refractivity contribution in [2.75, 3.05) is 6.54 Å². The summed E-state index contributed by atoms with van der Waals surface area (Å²) in [6.07, 6.45) is 2.37. The van der Waals surface area contributed by atoms with Crippen molar-refractivity contribution in [3.8, 4) is 11.4 Å². The highest BCUT2D eigenvalue weighted by molar-refractivity contribution is 5.93. The number of nitrogens with zero attached hydrogens (tertiary/aromatic N) is 3. The zero-order valence-electron chi connectivity index (χ0n) is 15.3. The van der Waals surface area contributed by atoms with Crippen LogP contribution >= 0.6 is 12.4 Å². The summed E-state index contributed by atoms with van der Waals surface area (Å²) in [6.45, 7) is 6.25. The van der Waals surface area contributed by atoms with Gasteiger partial charge in [-0.25, -0.2) is 4.68 Å². The van der Waals surface area contributed by atoms with Gasteiger partial charge in [0.05, 0.1) is 17.5 Å². The molecule has 0 bridgehead atoms. The van der Waals surface area contributed by atoms with E-state index in [2.05, 4.69) is 15.6 Å². The molecule has 3 N–H and O–H groups in total. The molecule has 1 unspecified atom stereocenters. The van der Waals surface area contributed by atoms with E-state index < -0.39 is 0 Å². The van der Waals surface area contributed by atoms with E-state index in [0.29, 0.717) is 23.9 Å². The van der Waals surface area contributed by atoms with Crippen LogP contribution in [-0.4, -0.2) is 39.6 Å². The number of benzene rings is 1. The highest BCUT2D eigenvalue weighted by Crippen LogP contribution is 2.32. The normalized spacial score (nSPS) is 14.7. The van der Waals surface area contributed by atoms with Crippen LogP contribution in [-0.2, 0) is 0 Å². The van der Waals surface area contributed by atoms with Crippen molar-refractivity contribution in [1.29, 1.82) is 0 Å². The van der Waals surface area contributed by atoms with Crippen LogP contribution in [0.4, 0.5) is 0 Å². The number of carbonyl (C=O) groups excluding carboxylic acids is 1. The van der Waals surface area contributed by atoms with Gasteiger partial charge in [0.15, 0.2) is 5.69 Å². The molecule has 1 amide bonds. The summed E-state index contributed by atoms with van der Waals surface area (Å²) in [5.41, 5.74) is 7.62. The molecule has 7 nitrogen and oxygen atoms in total. The Labute approximate surface area is 159 Å². The largest absolute Gasteiger partial charge is 0.491 e. The molecule has 0 aliphatic heterocycles. The van der Waals surface area contributed by atoms with E-state index in [-0.39, 0.29) is 30.5 Å². The molecule has 0 spiro atoms. The molecule has 0 radical (unpaired) electrons. The monoisotopic (exact) mass is 379 g/mol. The minimum atomic E-state index is -0.217. The minimum Gasteiger partial charge on any atom is -0.491 e. The van der Waals surface area contributed by atoms with Gasteiger partial charge >= 0.3 is 0 Å². The molecule has 1 aliphatic rings. The van der Waals surface area contributed by atoms with E-state index in [4.69, 9.17) is 10.5 Å². The van der Waals surface area contributed by atoms with E-state index in [1.165, 1.54) is 0 Å². The molecule has 1 atom stereocenters. The highest BCUT2D eigenvalue weighted by atomic mass is 35.5. The van der Waals surface area contributed by atoms with Crippen LogP contribution in [0.25, 0.3) is 5.69 Å². The Balaban J connectivity index is 0.00000243. The van der Waals surface area contributed by atoms with Crippen molar-refractivity contribution in [3.05, 3.63) is 35.7 Å². The molecule has 8 heteroatoms. The molecule has 3 rings (SSSR count). The standard InChI is InChI=1S/C18H25N5O2.ClH/c1-11(2)25-15-8-6-14(7-9-15)23-12(3)17(21-22-23)18(24)20-16(10-19)13-4-5-13;/h6-9,11,13,16H,4-5,10,19H2,1-3H3,(H,20,24);1H. The SMILES string of the molecule is Cc1c(C(=O)NC(CN)C2CC2)nnn1-c1ccc(OC(C)C)cc1.Cl. The number of halogens is 1. The van der Waals surface area contributed by atoms with Crippen LogP contribution in [0.1, 0.15) is 42.9 Å². The summed E-state index contributed by atoms with van der Waals surface area (Å²) >= 11 is 0. The topological polar surface area (TPSA) is 95.1 Å². The van der Waals surface area contributed by atoms with Gasteiger partial charge in [-0.05, 0) is 63.8 Å². The van der Waals surface area contributed by atoms with Crippen molar-refractivity contribution in [2.45, 2.75) is 45.8 Å². The fraction of sp³-hybridized carbons (Fsp3) is 0.500. The van der Waals surface area contributed by atoms with E-state index in [0.717, 1.165) is 24.3 Å². The van der Waals surface area contributed by atoms with Crippen LogP contribution in [0, 0.1) is 12.8 Å². The number of ether oxygens (including phenoxy) is 1. The van der Waals surface area contributed by atoms with E-state index in [1.54, 1.807) is 4.68 Å². The van der Waals surface area contributed by atoms with Crippen LogP contribution in [0.15, 0.2) is 24.3 Å². The summed E-state index contributed by atoms with van der Waals surface area (Å²) in [4.78, 5) is 12.5. The summed E-state index contributed by atoms with van der Waals surface area (Å²) in [6, 6.07) is 7.58. The Morgan fingerprint density at radius 1 is 1.35 bits per heavy atom. The van der Waals surface area contributed by atoms with Gasteiger partial charge in [0, 0.05) is 12.6 Å². The second kappa shape index (κ2) is 8.51. The zero-order chi connectivity index (χ0) is 18.0. The van der Waals surface area contributed by atoms with E-state index in [9.17, 15) is 4.79 Å². The van der Waals surface area contributed by atoms with Crippen molar-refractivity contribution in [3.63, 3.8) is 0 Å². The number of nitrogens with one attached hydrogen (secondary N) is 1. The van der Waals surface area contributed by atoms with Crippen molar-refractivity contribution < 1.29 is 9.53 Å². The Morgan fingerprint density at radius 2 is 2.00 bits per heavy atom. The van der Waals surface area contributed by atoms with Crippen LogP contribution in [0.3, 0.4) is 0 Å². The third-order valence-electron chi connectivity index (χ3n) is 4.32. The number of carbonyl (C=O) groups is 1. The van der Waals surface area contributed by atoms with Crippen LogP contribution < -0.4 is 15.8 Å². The van der Waals surface area contributed by atoms with E-state index in [1.807, 2.05) is 45.0 Å². The third kappa shape index (κ3) is 4.53. The smallest absolute Gasteiger partial charge is 0.274 e. The molecule has 142 valence electrons. The molecule has 1 aromatic heterocycles. The van der Waals surface area contributed by atoms with Crippen molar-refractivity contribution in [2.24, 2.45) is 11.7 Å². The molecular formula is C18H26ClN5O2. The summed E-state index contributed by atoms with van der Waals surface area (Å²) < 4.78 is 7.30. The first-order valence-electron chi connectivity index (χ1n) is 8.70. The first kappa shape index (κ1) is 20.2. The summed E-state index contributed by atoms with van der Waals surface area (Å²) in [5.74, 6) is 1.08. The van der Waals surface area contributed by atoms with Gasteiger partial charge in [-0.2, -0.15) is 0 Å². The maximum Gasteiger partial charge on any atom is 0.274 e. The Bertz CT molecular complexity index is 741. The lowest BCUT2D eigenvalue weighted by atomic mass is 10.2. The Kier molecular flexibility index (Phi) is 6.61. The zero-order valence-corrected chi connectivity index (χ0v) is 16.1. The first-order valence-corrected chi connectivity index (χ1v) is 8.70. The minimum absolute atomic E-state index is 0. The van der Waals surface area contributed by atoms with Gasteiger partial charge in [0.25, 0.3) is 5.91 Å². The fourth-order valence-corrected chi connectivity index (χ4v) is 2.83. The molecular weight excluding hydrogens is 354 g/mol. The first-order chi connectivity index (χ1) is 12.0. The molecule has 1 aromatic carbocycles. The number of hydrogen-bond donors (Lipinski definition) is 2. The molecule has 1 fully saturated rings. The Morgan fingerprint density at radius 3 is 2.54 bits per heavy atom. The van der Waals surface area contributed by atoms with Gasteiger partial charge in [0.1, 0.15) is 5.75 Å². The maximum absolute atomic E-state index is 12.5. The highest BCUT2D eigenvalue weighted by Gasteiger charge is 2.32. The predicted molar refractivity (Wildman–Crippen MR) is 102 cm³/mol. The number of nitrogens with two attached hydrogens (primary N) is 1. The van der Waals surface area contributed by atoms with Gasteiger partial charge in [-0.1, -0.05) is 5.21 Å². The quantitative estimate of drug-likeness (QED) is 0.769. The average Bonchev–Trinajstić information content (AvgIpc) is 3.35. The van der Waals surface area contributed by atoms with Crippen LogP contribution in [0.2, 0.25) is 0 Å². The lowest BCUT2D eigenvalue weighted by molar-refractivity contribution is 0.0927. The summed E-state index contributed by atoms with van der Waals surface area (Å²) in [7, 11) is 0. The second-order valence-corrected chi connectivity index (χ2v) is 6.75. The maximum atomic E-state index is 12.5. The number of hydrogen-bond acceptors (Lipinski definition) is 5. The molecule has 1 heterocycles. The molecule has 0 saturated heterocycles. The van der Waals surface area contributed by atoms with Crippen molar-refractivity contribution >= 4 is 18.3 Å². The lowest BCUT2D eigenvalue weighted by Crippen LogP contribution is -2.42. The summed E-state index contributed by atoms with van der Waals surface area (Å²) in [5, 5.41) is 11.2. The lowest BCUT2D eigenvalue weighted by Gasteiger charge is -2.15. The van der Waals surface area contributed by atoms with Gasteiger partial charge < -0.3 is 15.8 Å². The third-order valence-corrected chi connectivity index (χ3v) is 4.32. The number of amides is 1. The molecule has 1 saturated carbocycles. The fourth-order valence-electron chi connectivity index (χ4n) is 2.83. The second-order valence-electron chi connectivity index (χ2n) is 6.75. The molecule has 26 heavy (non-hydrogen) atoms. The van der Waals surface area contributed by atoms with Crippen LogP contribution in [0.5, 0.6) is 5.75 Å². The van der Waals surface area contributed by atoms with Gasteiger partial charge in [0.2, 0.25) is 0 Å². The van der Waals surface area contributed by atoms with Gasteiger partial charge in [-0.3, -0.25) is 4.79 Å². The van der Waals surface area contributed by atoms with E-state index >= 15 is 0 Å². The predicted octanol–water partition coefficient (Wildman–Crippen LogP) is 2.25. The number of rotatable bonds is 7. The average molecular weight is 380 g/mol.